The van der Waals surface area contributed by atoms with Crippen molar-refractivity contribution in [2.24, 2.45) is 0 Å². The van der Waals surface area contributed by atoms with Gasteiger partial charge in [-0.1, -0.05) is 18.2 Å². The monoisotopic (exact) mass is 339 g/mol. The van der Waals surface area contributed by atoms with Crippen LogP contribution in [0.4, 0.5) is 4.79 Å². The quantitative estimate of drug-likeness (QED) is 0.855. The number of amides is 2. The first kappa shape index (κ1) is 17.4. The molecule has 126 valence electrons. The van der Waals surface area contributed by atoms with E-state index in [1.165, 1.54) is 11.2 Å². The van der Waals surface area contributed by atoms with Crippen molar-refractivity contribution in [3.05, 3.63) is 30.3 Å². The van der Waals surface area contributed by atoms with E-state index in [0.29, 0.717) is 26.1 Å². The van der Waals surface area contributed by atoms with E-state index in [9.17, 15) is 18.0 Å². The number of hydrogen-bond acceptors (Lipinski definition) is 4. The maximum absolute atomic E-state index is 12.5. The summed E-state index contributed by atoms with van der Waals surface area (Å²) >= 11 is 0. The van der Waals surface area contributed by atoms with Gasteiger partial charge in [0.05, 0.1) is 4.90 Å². The van der Waals surface area contributed by atoms with E-state index < -0.39 is 10.0 Å². The lowest BCUT2D eigenvalue weighted by atomic mass is 10.3. The van der Waals surface area contributed by atoms with Crippen LogP contribution in [0.2, 0.25) is 0 Å². The van der Waals surface area contributed by atoms with Crippen LogP contribution in [-0.2, 0) is 14.8 Å². The summed E-state index contributed by atoms with van der Waals surface area (Å²) in [6, 6.07) is 8.01. The molecular weight excluding hydrogens is 318 g/mol. The highest BCUT2D eigenvalue weighted by Gasteiger charge is 2.29. The molecular formula is C15H21N3O4S. The third-order valence-electron chi connectivity index (χ3n) is 3.66. The van der Waals surface area contributed by atoms with Crippen molar-refractivity contribution >= 4 is 21.8 Å². The third-order valence-corrected chi connectivity index (χ3v) is 5.57. The standard InChI is InChI=1S/C15H21N3O4S/c1-13(19)7-8-16-15(20)17-9-11-18(12-10-17)23(21,22)14-5-3-2-4-6-14/h2-6H,7-12H2,1H3,(H,16,20). The molecule has 1 aromatic carbocycles. The van der Waals surface area contributed by atoms with Gasteiger partial charge in [0.15, 0.2) is 0 Å². The number of carbonyl (C=O) groups excluding carboxylic acids is 2. The lowest BCUT2D eigenvalue weighted by Gasteiger charge is -2.34. The first-order chi connectivity index (χ1) is 10.9. The fourth-order valence-corrected chi connectivity index (χ4v) is 3.77. The molecule has 1 aliphatic rings. The van der Waals surface area contributed by atoms with Gasteiger partial charge in [-0.3, -0.25) is 4.79 Å². The van der Waals surface area contributed by atoms with Gasteiger partial charge in [-0.15, -0.1) is 0 Å². The molecule has 0 unspecified atom stereocenters. The van der Waals surface area contributed by atoms with Crippen molar-refractivity contribution in [3.63, 3.8) is 0 Å². The Kier molecular flexibility index (Phi) is 5.73. The minimum absolute atomic E-state index is 0.0177. The zero-order chi connectivity index (χ0) is 16.9. The van der Waals surface area contributed by atoms with Crippen LogP contribution in [0.5, 0.6) is 0 Å². The highest BCUT2D eigenvalue weighted by molar-refractivity contribution is 7.89. The third kappa shape index (κ3) is 4.52. The molecule has 2 rings (SSSR count). The Balaban J connectivity index is 1.88. The van der Waals surface area contributed by atoms with Gasteiger partial charge in [0.2, 0.25) is 10.0 Å². The average Bonchev–Trinajstić information content (AvgIpc) is 2.55. The Morgan fingerprint density at radius 1 is 1.09 bits per heavy atom. The molecule has 0 spiro atoms. The van der Waals surface area contributed by atoms with Crippen LogP contribution in [0, 0.1) is 0 Å². The molecule has 1 aliphatic heterocycles. The fourth-order valence-electron chi connectivity index (χ4n) is 2.33. The van der Waals surface area contributed by atoms with Gasteiger partial charge in [0.1, 0.15) is 5.78 Å². The van der Waals surface area contributed by atoms with Crippen molar-refractivity contribution in [3.8, 4) is 0 Å². The van der Waals surface area contributed by atoms with Gasteiger partial charge in [0, 0.05) is 39.1 Å². The van der Waals surface area contributed by atoms with E-state index in [1.807, 2.05) is 0 Å². The highest BCUT2D eigenvalue weighted by atomic mass is 32.2. The number of sulfonamides is 1. The molecule has 7 nitrogen and oxygen atoms in total. The Bertz CT molecular complexity index is 653. The maximum Gasteiger partial charge on any atom is 0.317 e. The minimum atomic E-state index is -3.51. The van der Waals surface area contributed by atoms with E-state index in [2.05, 4.69) is 5.32 Å². The Morgan fingerprint density at radius 2 is 1.70 bits per heavy atom. The fraction of sp³-hybridized carbons (Fsp3) is 0.467. The molecule has 0 radical (unpaired) electrons. The number of benzene rings is 1. The second-order valence-electron chi connectivity index (χ2n) is 5.39. The van der Waals surface area contributed by atoms with Crippen molar-refractivity contribution in [1.29, 1.82) is 0 Å². The maximum atomic E-state index is 12.5. The largest absolute Gasteiger partial charge is 0.338 e. The number of urea groups is 1. The molecule has 23 heavy (non-hydrogen) atoms. The number of rotatable bonds is 5. The summed E-state index contributed by atoms with van der Waals surface area (Å²) < 4.78 is 26.4. The van der Waals surface area contributed by atoms with Gasteiger partial charge in [0.25, 0.3) is 0 Å². The summed E-state index contributed by atoms with van der Waals surface area (Å²) in [6.07, 6.45) is 0.300. The van der Waals surface area contributed by atoms with Crippen LogP contribution in [0.3, 0.4) is 0 Å². The van der Waals surface area contributed by atoms with Crippen molar-refractivity contribution in [2.45, 2.75) is 18.2 Å². The molecule has 1 aromatic rings. The first-order valence-electron chi connectivity index (χ1n) is 7.48. The summed E-state index contributed by atoms with van der Waals surface area (Å²) in [5, 5.41) is 2.67. The molecule has 1 N–H and O–H groups in total. The SMILES string of the molecule is CC(=O)CCNC(=O)N1CCN(S(=O)(=O)c2ccccc2)CC1. The Labute approximate surface area is 136 Å². The van der Waals surface area contributed by atoms with Gasteiger partial charge < -0.3 is 10.2 Å². The number of ketones is 1. The molecule has 1 fully saturated rings. The zero-order valence-electron chi connectivity index (χ0n) is 13.1. The molecule has 1 saturated heterocycles. The number of piperazine rings is 1. The number of nitrogens with zero attached hydrogens (tertiary/aromatic N) is 2. The molecule has 0 saturated carbocycles. The Hall–Kier alpha value is -1.93. The summed E-state index contributed by atoms with van der Waals surface area (Å²) in [4.78, 5) is 24.6. The minimum Gasteiger partial charge on any atom is -0.338 e. The smallest absolute Gasteiger partial charge is 0.317 e. The molecule has 1 heterocycles. The van der Waals surface area contributed by atoms with Crippen LogP contribution in [0.25, 0.3) is 0 Å². The number of nitrogens with one attached hydrogen (secondary N) is 1. The predicted octanol–water partition coefficient (Wildman–Crippen LogP) is 0.682. The van der Waals surface area contributed by atoms with E-state index in [-0.39, 0.29) is 29.8 Å². The lowest BCUT2D eigenvalue weighted by molar-refractivity contribution is -0.116. The topological polar surface area (TPSA) is 86.8 Å². The summed E-state index contributed by atoms with van der Waals surface area (Å²) in [6.45, 7) is 2.96. The van der Waals surface area contributed by atoms with Crippen LogP contribution in [0.1, 0.15) is 13.3 Å². The molecule has 0 aromatic heterocycles. The van der Waals surface area contributed by atoms with Crippen molar-refractivity contribution < 1.29 is 18.0 Å². The average molecular weight is 339 g/mol. The van der Waals surface area contributed by atoms with Crippen LogP contribution >= 0.6 is 0 Å². The summed E-state index contributed by atoms with van der Waals surface area (Å²) in [5.41, 5.74) is 0. The van der Waals surface area contributed by atoms with Crippen LogP contribution in [0.15, 0.2) is 35.2 Å². The number of Topliss-reactive ketones (excluding diaryl/α,β-unsaturated/α-hetero) is 1. The molecule has 2 amide bonds. The van der Waals surface area contributed by atoms with E-state index in [4.69, 9.17) is 0 Å². The van der Waals surface area contributed by atoms with Gasteiger partial charge in [-0.05, 0) is 19.1 Å². The van der Waals surface area contributed by atoms with E-state index >= 15 is 0 Å². The number of hydrogen-bond donors (Lipinski definition) is 1. The van der Waals surface area contributed by atoms with E-state index in [1.54, 1.807) is 35.2 Å². The van der Waals surface area contributed by atoms with Crippen LogP contribution < -0.4 is 5.32 Å². The zero-order valence-corrected chi connectivity index (χ0v) is 13.9. The Morgan fingerprint density at radius 3 is 2.26 bits per heavy atom. The molecule has 8 heteroatoms. The second-order valence-corrected chi connectivity index (χ2v) is 7.33. The summed E-state index contributed by atoms with van der Waals surface area (Å²) in [5.74, 6) is 0.0177. The van der Waals surface area contributed by atoms with Crippen LogP contribution in [-0.4, -0.2) is 62.2 Å². The molecule has 0 atom stereocenters. The second kappa shape index (κ2) is 7.56. The first-order valence-corrected chi connectivity index (χ1v) is 8.92. The summed E-state index contributed by atoms with van der Waals surface area (Å²) in [7, 11) is -3.51. The highest BCUT2D eigenvalue weighted by Crippen LogP contribution is 2.17. The lowest BCUT2D eigenvalue weighted by Crippen LogP contribution is -2.53. The van der Waals surface area contributed by atoms with Crippen molar-refractivity contribution in [2.75, 3.05) is 32.7 Å². The predicted molar refractivity (Wildman–Crippen MR) is 85.5 cm³/mol. The van der Waals surface area contributed by atoms with Gasteiger partial charge in [-0.25, -0.2) is 13.2 Å². The normalized spacial score (nSPS) is 16.1. The molecule has 0 aliphatic carbocycles. The van der Waals surface area contributed by atoms with Gasteiger partial charge >= 0.3 is 6.03 Å². The van der Waals surface area contributed by atoms with Gasteiger partial charge in [-0.2, -0.15) is 4.31 Å². The van der Waals surface area contributed by atoms with E-state index in [0.717, 1.165) is 0 Å². The molecule has 0 bridgehead atoms. The number of carbonyl (C=O) groups is 2. The van der Waals surface area contributed by atoms with Crippen molar-refractivity contribution in [1.82, 2.24) is 14.5 Å².